The third-order valence-electron chi connectivity index (χ3n) is 4.37. The number of rotatable bonds is 5. The molecule has 3 aromatic carbocycles. The first-order valence-electron chi connectivity index (χ1n) is 8.84. The number of anilines is 1. The summed E-state index contributed by atoms with van der Waals surface area (Å²) < 4.78 is 42.1. The molecule has 0 aliphatic heterocycles. The maximum Gasteiger partial charge on any atom is 0.264 e. The van der Waals surface area contributed by atoms with E-state index in [1.54, 1.807) is 36.4 Å². The third kappa shape index (κ3) is 3.42. The van der Waals surface area contributed by atoms with Gasteiger partial charge in [-0.3, -0.25) is 4.72 Å². The standard InChI is InChI=1S/C20H13N5O3S2/c26-30(27,17-8-4-7-16-18(17)24-29-23-16)25-15-11-9-14(10-12-15)20-22-21-19(28-20)13-5-2-1-3-6-13/h1-12,25H. The summed E-state index contributed by atoms with van der Waals surface area (Å²) in [6.45, 7) is 0. The van der Waals surface area contributed by atoms with Crippen LogP contribution in [0.5, 0.6) is 0 Å². The second-order valence-corrected chi connectivity index (χ2v) is 8.53. The zero-order valence-electron chi connectivity index (χ0n) is 15.3. The Bertz CT molecular complexity index is 1430. The summed E-state index contributed by atoms with van der Waals surface area (Å²) in [5.41, 5.74) is 2.81. The van der Waals surface area contributed by atoms with Crippen molar-refractivity contribution >= 4 is 38.5 Å². The molecule has 0 atom stereocenters. The normalized spacial score (nSPS) is 11.6. The Morgan fingerprint density at radius 1 is 0.767 bits per heavy atom. The highest BCUT2D eigenvalue weighted by Gasteiger charge is 2.20. The van der Waals surface area contributed by atoms with Crippen molar-refractivity contribution in [1.82, 2.24) is 18.9 Å². The Labute approximate surface area is 175 Å². The molecule has 0 amide bonds. The summed E-state index contributed by atoms with van der Waals surface area (Å²) in [6, 6.07) is 21.0. The zero-order chi connectivity index (χ0) is 20.6. The van der Waals surface area contributed by atoms with Gasteiger partial charge in [-0.2, -0.15) is 8.75 Å². The first-order valence-corrected chi connectivity index (χ1v) is 11.0. The van der Waals surface area contributed by atoms with Crippen molar-refractivity contribution in [2.24, 2.45) is 0 Å². The lowest BCUT2D eigenvalue weighted by molar-refractivity contribution is 0.584. The van der Waals surface area contributed by atoms with E-state index in [1.165, 1.54) is 6.07 Å². The number of nitrogens with one attached hydrogen (secondary N) is 1. The highest BCUT2D eigenvalue weighted by atomic mass is 32.2. The Morgan fingerprint density at radius 2 is 1.47 bits per heavy atom. The van der Waals surface area contributed by atoms with E-state index in [0.29, 0.717) is 34.1 Å². The van der Waals surface area contributed by atoms with Gasteiger partial charge in [-0.1, -0.05) is 24.3 Å². The van der Waals surface area contributed by atoms with Crippen LogP contribution in [-0.4, -0.2) is 27.4 Å². The molecule has 5 aromatic rings. The lowest BCUT2D eigenvalue weighted by Crippen LogP contribution is -2.13. The molecule has 30 heavy (non-hydrogen) atoms. The van der Waals surface area contributed by atoms with E-state index in [9.17, 15) is 8.42 Å². The van der Waals surface area contributed by atoms with Gasteiger partial charge in [0.25, 0.3) is 10.0 Å². The molecule has 0 radical (unpaired) electrons. The molecule has 148 valence electrons. The van der Waals surface area contributed by atoms with Crippen LogP contribution < -0.4 is 4.72 Å². The van der Waals surface area contributed by atoms with Crippen molar-refractivity contribution < 1.29 is 12.8 Å². The van der Waals surface area contributed by atoms with Gasteiger partial charge in [0.15, 0.2) is 0 Å². The molecular formula is C20H13N5O3S2. The molecule has 1 N–H and O–H groups in total. The average molecular weight is 435 g/mol. The van der Waals surface area contributed by atoms with Crippen molar-refractivity contribution in [2.75, 3.05) is 4.72 Å². The van der Waals surface area contributed by atoms with Crippen LogP contribution in [0.4, 0.5) is 5.69 Å². The van der Waals surface area contributed by atoms with Gasteiger partial charge in [0.2, 0.25) is 11.8 Å². The van der Waals surface area contributed by atoms with Gasteiger partial charge in [-0.05, 0) is 48.5 Å². The van der Waals surface area contributed by atoms with E-state index < -0.39 is 10.0 Å². The van der Waals surface area contributed by atoms with E-state index >= 15 is 0 Å². The van der Waals surface area contributed by atoms with Gasteiger partial charge in [0, 0.05) is 16.8 Å². The predicted octanol–water partition coefficient (Wildman–Crippen LogP) is 4.21. The molecule has 0 saturated carbocycles. The second-order valence-electron chi connectivity index (χ2n) is 6.35. The minimum absolute atomic E-state index is 0.0854. The van der Waals surface area contributed by atoms with Crippen molar-refractivity contribution in [1.29, 1.82) is 0 Å². The van der Waals surface area contributed by atoms with Crippen molar-refractivity contribution in [3.8, 4) is 22.9 Å². The van der Waals surface area contributed by atoms with Crippen LogP contribution in [0.15, 0.2) is 82.1 Å². The number of fused-ring (bicyclic) bond motifs is 1. The fraction of sp³-hybridized carbons (Fsp3) is 0. The first kappa shape index (κ1) is 18.4. The SMILES string of the molecule is O=S(=O)(Nc1ccc(-c2nnc(-c3ccccc3)o2)cc1)c1cccc2nsnc12. The van der Waals surface area contributed by atoms with Gasteiger partial charge in [0.1, 0.15) is 15.9 Å². The van der Waals surface area contributed by atoms with E-state index in [1.807, 2.05) is 30.3 Å². The van der Waals surface area contributed by atoms with E-state index in [-0.39, 0.29) is 4.90 Å². The van der Waals surface area contributed by atoms with Gasteiger partial charge in [-0.15, -0.1) is 10.2 Å². The molecule has 8 nitrogen and oxygen atoms in total. The highest BCUT2D eigenvalue weighted by Crippen LogP contribution is 2.27. The minimum atomic E-state index is -3.82. The Hall–Kier alpha value is -3.63. The number of aromatic nitrogens is 4. The maximum atomic E-state index is 12.8. The van der Waals surface area contributed by atoms with Gasteiger partial charge < -0.3 is 4.42 Å². The highest BCUT2D eigenvalue weighted by molar-refractivity contribution is 7.93. The fourth-order valence-electron chi connectivity index (χ4n) is 2.93. The molecule has 0 aliphatic rings. The van der Waals surface area contributed by atoms with Crippen molar-refractivity contribution in [3.63, 3.8) is 0 Å². The fourth-order valence-corrected chi connectivity index (χ4v) is 4.75. The molecule has 2 heterocycles. The molecule has 0 spiro atoms. The van der Waals surface area contributed by atoms with Crippen LogP contribution in [0.3, 0.4) is 0 Å². The Morgan fingerprint density at radius 3 is 2.20 bits per heavy atom. The molecular weight excluding hydrogens is 422 g/mol. The molecule has 2 aromatic heterocycles. The summed E-state index contributed by atoms with van der Waals surface area (Å²) in [6.07, 6.45) is 0. The predicted molar refractivity (Wildman–Crippen MR) is 113 cm³/mol. The van der Waals surface area contributed by atoms with Crippen molar-refractivity contribution in [2.45, 2.75) is 4.90 Å². The quantitative estimate of drug-likeness (QED) is 0.440. The van der Waals surface area contributed by atoms with Crippen LogP contribution in [0, 0.1) is 0 Å². The lowest BCUT2D eigenvalue weighted by Gasteiger charge is -2.08. The Balaban J connectivity index is 1.39. The van der Waals surface area contributed by atoms with E-state index in [2.05, 4.69) is 23.7 Å². The van der Waals surface area contributed by atoms with Crippen LogP contribution in [-0.2, 0) is 10.0 Å². The van der Waals surface area contributed by atoms with E-state index in [4.69, 9.17) is 4.42 Å². The molecule has 0 aliphatic carbocycles. The Kier molecular flexibility index (Phi) is 4.49. The van der Waals surface area contributed by atoms with Crippen LogP contribution in [0.25, 0.3) is 33.9 Å². The second kappa shape index (κ2) is 7.32. The average Bonchev–Trinajstić information content (AvgIpc) is 3.44. The number of hydrogen-bond donors (Lipinski definition) is 1. The minimum Gasteiger partial charge on any atom is -0.416 e. The summed E-state index contributed by atoms with van der Waals surface area (Å²) in [5, 5.41) is 8.14. The lowest BCUT2D eigenvalue weighted by atomic mass is 10.2. The summed E-state index contributed by atoms with van der Waals surface area (Å²) >= 11 is 0.974. The summed E-state index contributed by atoms with van der Waals surface area (Å²) in [5.74, 6) is 0.766. The van der Waals surface area contributed by atoms with Gasteiger partial charge >= 0.3 is 0 Å². The zero-order valence-corrected chi connectivity index (χ0v) is 16.9. The number of sulfonamides is 1. The molecule has 5 rings (SSSR count). The monoisotopic (exact) mass is 435 g/mol. The van der Waals surface area contributed by atoms with Gasteiger partial charge in [-0.25, -0.2) is 8.42 Å². The summed E-state index contributed by atoms with van der Waals surface area (Å²) in [4.78, 5) is 0.0854. The maximum absolute atomic E-state index is 12.8. The first-order chi connectivity index (χ1) is 14.6. The van der Waals surface area contributed by atoms with Crippen molar-refractivity contribution in [3.05, 3.63) is 72.8 Å². The smallest absolute Gasteiger partial charge is 0.264 e. The molecule has 0 saturated heterocycles. The molecule has 0 bridgehead atoms. The number of nitrogens with zero attached hydrogens (tertiary/aromatic N) is 4. The summed E-state index contributed by atoms with van der Waals surface area (Å²) in [7, 11) is -3.82. The van der Waals surface area contributed by atoms with E-state index in [0.717, 1.165) is 17.3 Å². The molecule has 0 unspecified atom stereocenters. The molecule has 10 heteroatoms. The van der Waals surface area contributed by atoms with Crippen LogP contribution in [0.1, 0.15) is 0 Å². The van der Waals surface area contributed by atoms with Gasteiger partial charge in [0.05, 0.1) is 11.7 Å². The third-order valence-corrected chi connectivity index (χ3v) is 6.32. The number of benzene rings is 3. The van der Waals surface area contributed by atoms with Crippen LogP contribution >= 0.6 is 11.7 Å². The number of hydrogen-bond acceptors (Lipinski definition) is 8. The molecule has 0 fully saturated rings. The van der Waals surface area contributed by atoms with Crippen LogP contribution in [0.2, 0.25) is 0 Å². The topological polar surface area (TPSA) is 111 Å². The largest absolute Gasteiger partial charge is 0.416 e.